The lowest BCUT2D eigenvalue weighted by molar-refractivity contribution is -0.384. The number of ether oxygens (including phenoxy) is 1. The molecule has 0 atom stereocenters. The Kier molecular flexibility index (Phi) is 5.80. The molecule has 0 bridgehead atoms. The summed E-state index contributed by atoms with van der Waals surface area (Å²) in [5.74, 6) is 1.41. The lowest BCUT2D eigenvalue weighted by atomic mass is 10.1. The van der Waals surface area contributed by atoms with Gasteiger partial charge in [-0.25, -0.2) is 9.97 Å². The molecule has 7 heteroatoms. The third-order valence-corrected chi connectivity index (χ3v) is 4.71. The number of nitrogens with one attached hydrogen (secondary N) is 1. The maximum Gasteiger partial charge on any atom is 0.270 e. The maximum absolute atomic E-state index is 11.0. The van der Waals surface area contributed by atoms with Gasteiger partial charge in [0.15, 0.2) is 0 Å². The van der Waals surface area contributed by atoms with E-state index in [2.05, 4.69) is 15.3 Å². The molecular formula is C23H20N4O3. The number of rotatable bonds is 8. The van der Waals surface area contributed by atoms with E-state index in [-0.39, 0.29) is 5.69 Å². The zero-order valence-electron chi connectivity index (χ0n) is 16.2. The molecule has 0 saturated heterocycles. The van der Waals surface area contributed by atoms with Gasteiger partial charge in [-0.05, 0) is 35.7 Å². The number of hydrogen-bond donors (Lipinski definition) is 1. The molecule has 0 radical (unpaired) electrons. The van der Waals surface area contributed by atoms with Crippen molar-refractivity contribution in [2.75, 3.05) is 11.9 Å². The number of hydrogen-bond acceptors (Lipinski definition) is 6. The second-order valence-electron chi connectivity index (χ2n) is 6.78. The zero-order valence-corrected chi connectivity index (χ0v) is 16.2. The quantitative estimate of drug-likeness (QED) is 0.338. The molecule has 0 fully saturated rings. The number of aromatic nitrogens is 2. The van der Waals surface area contributed by atoms with E-state index in [9.17, 15) is 10.1 Å². The van der Waals surface area contributed by atoms with Gasteiger partial charge in [0.1, 0.15) is 24.5 Å². The molecule has 1 aromatic heterocycles. The van der Waals surface area contributed by atoms with Crippen LogP contribution in [0.15, 0.2) is 79.1 Å². The van der Waals surface area contributed by atoms with Crippen molar-refractivity contribution in [2.45, 2.75) is 13.0 Å². The van der Waals surface area contributed by atoms with Crippen LogP contribution >= 0.6 is 0 Å². The average Bonchev–Trinajstić information content (AvgIpc) is 2.79. The first kappa shape index (κ1) is 19.3. The van der Waals surface area contributed by atoms with Gasteiger partial charge in [0.25, 0.3) is 5.69 Å². The summed E-state index contributed by atoms with van der Waals surface area (Å²) in [7, 11) is 0. The van der Waals surface area contributed by atoms with Gasteiger partial charge in [0.05, 0.1) is 10.4 Å². The molecule has 4 rings (SSSR count). The van der Waals surface area contributed by atoms with Crippen molar-refractivity contribution in [3.05, 3.63) is 100 Å². The van der Waals surface area contributed by atoms with Gasteiger partial charge in [-0.3, -0.25) is 10.1 Å². The highest BCUT2D eigenvalue weighted by molar-refractivity contribution is 5.90. The predicted molar refractivity (Wildman–Crippen MR) is 116 cm³/mol. The molecule has 0 spiro atoms. The zero-order chi connectivity index (χ0) is 20.8. The average molecular weight is 400 g/mol. The van der Waals surface area contributed by atoms with Crippen LogP contribution in [0.3, 0.4) is 0 Å². The van der Waals surface area contributed by atoms with Crippen molar-refractivity contribution in [3.8, 4) is 5.75 Å². The standard InChI is InChI=1S/C23H20N4O3/c28-27(29)19-8-11-22-21(14-19)23(26-16-25-22)24-13-12-17-6-9-20(10-7-17)30-15-18-4-2-1-3-5-18/h1-11,14,16H,12-13,15H2,(H,24,25,26). The lowest BCUT2D eigenvalue weighted by Gasteiger charge is -2.09. The van der Waals surface area contributed by atoms with Crippen LogP contribution in [0, 0.1) is 10.1 Å². The first-order chi connectivity index (χ1) is 14.7. The normalized spacial score (nSPS) is 10.7. The van der Waals surface area contributed by atoms with Gasteiger partial charge in [-0.15, -0.1) is 0 Å². The smallest absolute Gasteiger partial charge is 0.270 e. The molecule has 0 aliphatic rings. The fourth-order valence-electron chi connectivity index (χ4n) is 3.12. The molecule has 0 aliphatic heterocycles. The summed E-state index contributed by atoms with van der Waals surface area (Å²) in [6.45, 7) is 1.17. The van der Waals surface area contributed by atoms with Crippen molar-refractivity contribution in [2.24, 2.45) is 0 Å². The van der Waals surface area contributed by atoms with Gasteiger partial charge in [-0.2, -0.15) is 0 Å². The molecule has 1 heterocycles. The summed E-state index contributed by atoms with van der Waals surface area (Å²) in [6.07, 6.45) is 2.23. The van der Waals surface area contributed by atoms with E-state index < -0.39 is 4.92 Å². The SMILES string of the molecule is O=[N+]([O-])c1ccc2ncnc(NCCc3ccc(OCc4ccccc4)cc3)c2c1. The van der Waals surface area contributed by atoms with Crippen molar-refractivity contribution in [1.29, 1.82) is 0 Å². The Morgan fingerprint density at radius 3 is 2.50 bits per heavy atom. The molecule has 30 heavy (non-hydrogen) atoms. The van der Waals surface area contributed by atoms with Crippen molar-refractivity contribution in [3.63, 3.8) is 0 Å². The molecule has 150 valence electrons. The second kappa shape index (κ2) is 9.00. The van der Waals surface area contributed by atoms with E-state index in [4.69, 9.17) is 4.74 Å². The Balaban J connectivity index is 1.35. The van der Waals surface area contributed by atoms with Crippen LogP contribution < -0.4 is 10.1 Å². The summed E-state index contributed by atoms with van der Waals surface area (Å²) in [5.41, 5.74) is 2.96. The summed E-state index contributed by atoms with van der Waals surface area (Å²) in [4.78, 5) is 19.0. The van der Waals surface area contributed by atoms with Crippen LogP contribution in [0.2, 0.25) is 0 Å². The molecular weight excluding hydrogens is 380 g/mol. The van der Waals surface area contributed by atoms with E-state index in [0.717, 1.165) is 23.3 Å². The van der Waals surface area contributed by atoms with Gasteiger partial charge in [0.2, 0.25) is 0 Å². The number of non-ortho nitro benzene ring substituents is 1. The molecule has 4 aromatic rings. The molecule has 7 nitrogen and oxygen atoms in total. The summed E-state index contributed by atoms with van der Waals surface area (Å²) < 4.78 is 5.81. The minimum absolute atomic E-state index is 0.0199. The number of fused-ring (bicyclic) bond motifs is 1. The highest BCUT2D eigenvalue weighted by Gasteiger charge is 2.10. The molecule has 0 aliphatic carbocycles. The first-order valence-electron chi connectivity index (χ1n) is 9.58. The molecule has 3 aromatic carbocycles. The van der Waals surface area contributed by atoms with Crippen molar-refractivity contribution < 1.29 is 9.66 Å². The Morgan fingerprint density at radius 2 is 1.73 bits per heavy atom. The number of anilines is 1. The summed E-state index contributed by atoms with van der Waals surface area (Å²) in [5, 5.41) is 14.9. The highest BCUT2D eigenvalue weighted by Crippen LogP contribution is 2.24. The second-order valence-corrected chi connectivity index (χ2v) is 6.78. The summed E-state index contributed by atoms with van der Waals surface area (Å²) in [6, 6.07) is 22.6. The number of nitrogens with zero attached hydrogens (tertiary/aromatic N) is 3. The molecule has 0 saturated carbocycles. The molecule has 0 unspecified atom stereocenters. The van der Waals surface area contributed by atoms with Crippen LogP contribution in [0.4, 0.5) is 11.5 Å². The van der Waals surface area contributed by atoms with E-state index in [1.54, 1.807) is 6.07 Å². The van der Waals surface area contributed by atoms with E-state index in [0.29, 0.717) is 29.9 Å². The summed E-state index contributed by atoms with van der Waals surface area (Å²) >= 11 is 0. The minimum Gasteiger partial charge on any atom is -0.489 e. The van der Waals surface area contributed by atoms with Crippen LogP contribution in [0.25, 0.3) is 10.9 Å². The lowest BCUT2D eigenvalue weighted by Crippen LogP contribution is -2.07. The number of nitro benzene ring substituents is 1. The Morgan fingerprint density at radius 1 is 0.933 bits per heavy atom. The van der Waals surface area contributed by atoms with Crippen molar-refractivity contribution >= 4 is 22.4 Å². The van der Waals surface area contributed by atoms with E-state index >= 15 is 0 Å². The third kappa shape index (κ3) is 4.70. The third-order valence-electron chi connectivity index (χ3n) is 4.71. The fraction of sp³-hybridized carbons (Fsp3) is 0.130. The largest absolute Gasteiger partial charge is 0.489 e. The molecule has 1 N–H and O–H groups in total. The molecule has 0 amide bonds. The van der Waals surface area contributed by atoms with Crippen LogP contribution in [0.5, 0.6) is 5.75 Å². The highest BCUT2D eigenvalue weighted by atomic mass is 16.6. The van der Waals surface area contributed by atoms with Crippen LogP contribution in [-0.2, 0) is 13.0 Å². The number of benzene rings is 3. The van der Waals surface area contributed by atoms with E-state index in [1.165, 1.54) is 18.5 Å². The monoisotopic (exact) mass is 400 g/mol. The fourth-order valence-corrected chi connectivity index (χ4v) is 3.12. The van der Waals surface area contributed by atoms with Gasteiger partial charge in [0, 0.05) is 24.1 Å². The Hall–Kier alpha value is -4.00. The maximum atomic E-state index is 11.0. The predicted octanol–water partition coefficient (Wildman–Crippen LogP) is 4.77. The van der Waals surface area contributed by atoms with E-state index in [1.807, 2.05) is 54.6 Å². The van der Waals surface area contributed by atoms with Gasteiger partial charge < -0.3 is 10.1 Å². The Bertz CT molecular complexity index is 1150. The van der Waals surface area contributed by atoms with Crippen LogP contribution in [-0.4, -0.2) is 21.4 Å². The minimum atomic E-state index is -0.419. The Labute approximate surface area is 173 Å². The van der Waals surface area contributed by atoms with Crippen molar-refractivity contribution in [1.82, 2.24) is 9.97 Å². The topological polar surface area (TPSA) is 90.2 Å². The van der Waals surface area contributed by atoms with Crippen LogP contribution in [0.1, 0.15) is 11.1 Å². The first-order valence-corrected chi connectivity index (χ1v) is 9.58. The van der Waals surface area contributed by atoms with Gasteiger partial charge >= 0.3 is 0 Å². The number of nitro groups is 1. The van der Waals surface area contributed by atoms with Gasteiger partial charge in [-0.1, -0.05) is 42.5 Å².